The summed E-state index contributed by atoms with van der Waals surface area (Å²) in [4.78, 5) is 35.1. The van der Waals surface area contributed by atoms with Gasteiger partial charge < -0.3 is 15.4 Å². The summed E-state index contributed by atoms with van der Waals surface area (Å²) in [7, 11) is 1.37. The number of unbranched alkanes of at least 4 members (excludes halogenated alkanes) is 2. The molecular weight excluding hydrogens is 304 g/mol. The van der Waals surface area contributed by atoms with Gasteiger partial charge in [-0.25, -0.2) is 0 Å². The van der Waals surface area contributed by atoms with Crippen LogP contribution in [-0.2, 0) is 14.3 Å². The van der Waals surface area contributed by atoms with Crippen LogP contribution in [0, 0.1) is 0 Å². The topological polar surface area (TPSA) is 84.5 Å². The van der Waals surface area contributed by atoms with Gasteiger partial charge in [0.15, 0.2) is 0 Å². The fraction of sp³-hybridized carbons (Fsp3) is 0.533. The fourth-order valence-electron chi connectivity index (χ4n) is 1.78. The lowest BCUT2D eigenvalue weighted by Gasteiger charge is -2.13. The fourth-order valence-corrected chi connectivity index (χ4v) is 2.41. The van der Waals surface area contributed by atoms with Crippen LogP contribution in [0.2, 0.25) is 0 Å². The Morgan fingerprint density at radius 3 is 2.68 bits per heavy atom. The Kier molecular flexibility index (Phi) is 8.21. The molecule has 1 aromatic heterocycles. The third kappa shape index (κ3) is 6.71. The van der Waals surface area contributed by atoms with E-state index in [4.69, 9.17) is 0 Å². The summed E-state index contributed by atoms with van der Waals surface area (Å²) in [5.41, 5.74) is 0. The summed E-state index contributed by atoms with van der Waals surface area (Å²) < 4.78 is 4.55. The highest BCUT2D eigenvalue weighted by molar-refractivity contribution is 7.12. The van der Waals surface area contributed by atoms with Crippen molar-refractivity contribution >= 4 is 29.1 Å². The van der Waals surface area contributed by atoms with E-state index in [0.717, 1.165) is 19.3 Å². The predicted octanol–water partition coefficient (Wildman–Crippen LogP) is 1.72. The summed E-state index contributed by atoms with van der Waals surface area (Å²) in [5, 5.41) is 7.24. The third-order valence-corrected chi connectivity index (χ3v) is 3.94. The number of carbonyl (C=O) groups excluding carboxylic acids is 3. The lowest BCUT2D eigenvalue weighted by atomic mass is 10.2. The highest BCUT2D eigenvalue weighted by atomic mass is 32.1. The summed E-state index contributed by atoms with van der Waals surface area (Å²) in [6.07, 6.45) is 2.77. The molecule has 6 nitrogen and oxygen atoms in total. The van der Waals surface area contributed by atoms with Crippen LogP contribution in [0.25, 0.3) is 0 Å². The second kappa shape index (κ2) is 9.94. The molecule has 0 aliphatic carbocycles. The molecule has 0 aliphatic heterocycles. The molecule has 0 aromatic carbocycles. The van der Waals surface area contributed by atoms with Crippen molar-refractivity contribution in [2.45, 2.75) is 38.6 Å². The molecule has 0 bridgehead atoms. The van der Waals surface area contributed by atoms with E-state index >= 15 is 0 Å². The zero-order valence-corrected chi connectivity index (χ0v) is 13.7. The summed E-state index contributed by atoms with van der Waals surface area (Å²) in [5.74, 6) is -0.664. The highest BCUT2D eigenvalue weighted by Gasteiger charge is 2.16. The zero-order valence-electron chi connectivity index (χ0n) is 12.9. The van der Waals surface area contributed by atoms with E-state index in [2.05, 4.69) is 15.4 Å². The molecule has 7 heteroatoms. The quantitative estimate of drug-likeness (QED) is 0.534. The molecule has 2 N–H and O–H groups in total. The maximum absolute atomic E-state index is 11.8. The Morgan fingerprint density at radius 1 is 1.27 bits per heavy atom. The molecule has 0 saturated heterocycles. The van der Waals surface area contributed by atoms with E-state index in [9.17, 15) is 14.4 Å². The van der Waals surface area contributed by atoms with Crippen LogP contribution in [-0.4, -0.2) is 37.5 Å². The number of nitrogens with one attached hydrogen (secondary N) is 2. The third-order valence-electron chi connectivity index (χ3n) is 3.07. The van der Waals surface area contributed by atoms with Crippen LogP contribution in [0.4, 0.5) is 0 Å². The summed E-state index contributed by atoms with van der Waals surface area (Å²) >= 11 is 1.33. The number of rotatable bonds is 9. The minimum absolute atomic E-state index is 0.210. The second-order valence-corrected chi connectivity index (χ2v) is 5.80. The van der Waals surface area contributed by atoms with Crippen molar-refractivity contribution in [1.82, 2.24) is 10.6 Å². The molecule has 0 spiro atoms. The van der Waals surface area contributed by atoms with Crippen molar-refractivity contribution in [3.63, 3.8) is 0 Å². The standard InChI is InChI=1S/C15H22N2O4S/c1-11(17-15(20)12-7-6-10-22-12)14(19)16-9-5-3-4-8-13(18)21-2/h6-7,10-11H,3-5,8-9H2,1-2H3,(H,16,19)(H,17,20). The molecule has 0 radical (unpaired) electrons. The van der Waals surface area contributed by atoms with Crippen LogP contribution >= 0.6 is 11.3 Å². The number of esters is 1. The van der Waals surface area contributed by atoms with Gasteiger partial charge >= 0.3 is 5.97 Å². The largest absolute Gasteiger partial charge is 0.469 e. The van der Waals surface area contributed by atoms with E-state index in [1.807, 2.05) is 5.38 Å². The number of thiophene rings is 1. The Balaban J connectivity index is 2.14. The Morgan fingerprint density at radius 2 is 2.05 bits per heavy atom. The average Bonchev–Trinajstić information content (AvgIpc) is 3.04. The highest BCUT2D eigenvalue weighted by Crippen LogP contribution is 2.08. The first-order valence-corrected chi connectivity index (χ1v) is 8.11. The van der Waals surface area contributed by atoms with Gasteiger partial charge in [0.25, 0.3) is 5.91 Å². The maximum atomic E-state index is 11.8. The Bertz CT molecular complexity index is 488. The second-order valence-electron chi connectivity index (χ2n) is 4.85. The number of ether oxygens (including phenoxy) is 1. The number of hydrogen-bond acceptors (Lipinski definition) is 5. The SMILES string of the molecule is COC(=O)CCCCCNC(=O)C(C)NC(=O)c1cccs1. The van der Waals surface area contributed by atoms with E-state index in [-0.39, 0.29) is 17.8 Å². The smallest absolute Gasteiger partial charge is 0.305 e. The van der Waals surface area contributed by atoms with Crippen molar-refractivity contribution in [2.24, 2.45) is 0 Å². The van der Waals surface area contributed by atoms with Gasteiger partial charge in [0.1, 0.15) is 6.04 Å². The van der Waals surface area contributed by atoms with Crippen LogP contribution in [0.5, 0.6) is 0 Å². The zero-order chi connectivity index (χ0) is 16.4. The van der Waals surface area contributed by atoms with Gasteiger partial charge in [0.2, 0.25) is 5.91 Å². The van der Waals surface area contributed by atoms with E-state index in [1.165, 1.54) is 18.4 Å². The number of methoxy groups -OCH3 is 1. The molecule has 1 heterocycles. The first kappa shape index (κ1) is 18.2. The average molecular weight is 326 g/mol. The van der Waals surface area contributed by atoms with Crippen molar-refractivity contribution in [3.05, 3.63) is 22.4 Å². The van der Waals surface area contributed by atoms with Gasteiger partial charge in [-0.3, -0.25) is 14.4 Å². The molecule has 1 aromatic rings. The van der Waals surface area contributed by atoms with Gasteiger partial charge in [-0.2, -0.15) is 0 Å². The number of hydrogen-bond donors (Lipinski definition) is 2. The summed E-state index contributed by atoms with van der Waals surface area (Å²) in [6.45, 7) is 2.18. The Hall–Kier alpha value is -1.89. The van der Waals surface area contributed by atoms with Crippen LogP contribution in [0.3, 0.4) is 0 Å². The molecular formula is C15H22N2O4S. The van der Waals surface area contributed by atoms with Crippen molar-refractivity contribution in [3.8, 4) is 0 Å². The van der Waals surface area contributed by atoms with Gasteiger partial charge in [-0.15, -0.1) is 11.3 Å². The Labute approximate surface area is 134 Å². The number of carbonyl (C=O) groups is 3. The normalized spacial score (nSPS) is 11.5. The van der Waals surface area contributed by atoms with Crippen molar-refractivity contribution < 1.29 is 19.1 Å². The lowest BCUT2D eigenvalue weighted by Crippen LogP contribution is -2.44. The van der Waals surface area contributed by atoms with Crippen LogP contribution in [0.15, 0.2) is 17.5 Å². The van der Waals surface area contributed by atoms with E-state index in [1.54, 1.807) is 19.1 Å². The van der Waals surface area contributed by atoms with Crippen LogP contribution < -0.4 is 10.6 Å². The molecule has 2 amide bonds. The molecule has 0 saturated carbocycles. The molecule has 122 valence electrons. The molecule has 0 aliphatic rings. The van der Waals surface area contributed by atoms with Gasteiger partial charge in [0.05, 0.1) is 12.0 Å². The van der Waals surface area contributed by atoms with Gasteiger partial charge in [-0.05, 0) is 31.2 Å². The molecule has 22 heavy (non-hydrogen) atoms. The first-order valence-electron chi connectivity index (χ1n) is 7.23. The molecule has 1 unspecified atom stereocenters. The monoisotopic (exact) mass is 326 g/mol. The maximum Gasteiger partial charge on any atom is 0.305 e. The van der Waals surface area contributed by atoms with E-state index in [0.29, 0.717) is 17.8 Å². The lowest BCUT2D eigenvalue weighted by molar-refractivity contribution is -0.140. The van der Waals surface area contributed by atoms with Crippen molar-refractivity contribution in [1.29, 1.82) is 0 Å². The first-order chi connectivity index (χ1) is 10.5. The molecule has 0 fully saturated rings. The summed E-state index contributed by atoms with van der Waals surface area (Å²) in [6, 6.07) is 2.93. The van der Waals surface area contributed by atoms with Crippen LogP contribution in [0.1, 0.15) is 42.3 Å². The number of amides is 2. The molecule has 1 atom stereocenters. The van der Waals surface area contributed by atoms with Crippen molar-refractivity contribution in [2.75, 3.05) is 13.7 Å². The molecule has 1 rings (SSSR count). The predicted molar refractivity (Wildman–Crippen MR) is 84.7 cm³/mol. The van der Waals surface area contributed by atoms with E-state index < -0.39 is 6.04 Å². The van der Waals surface area contributed by atoms with Gasteiger partial charge in [-0.1, -0.05) is 12.5 Å². The van der Waals surface area contributed by atoms with Gasteiger partial charge in [0, 0.05) is 13.0 Å². The minimum atomic E-state index is -0.579. The minimum Gasteiger partial charge on any atom is -0.469 e.